The molecule has 1 aromatic rings. The SMILES string of the molecule is O=C1CCC2(O)[C@H]3Cc4ccc(O)c5c4C2(CCN3CC2CC2)[C@H]1O5. The molecule has 4 atom stereocenters. The quantitative estimate of drug-likeness (QED) is 0.854. The van der Waals surface area contributed by atoms with Gasteiger partial charge in [-0.05, 0) is 56.2 Å². The zero-order valence-electron chi connectivity index (χ0n) is 14.2. The molecule has 0 radical (unpaired) electrons. The number of phenolic OH excluding ortho intramolecular Hbond substituents is 1. The number of aliphatic hydroxyl groups is 1. The van der Waals surface area contributed by atoms with Crippen molar-refractivity contribution in [3.63, 3.8) is 0 Å². The Bertz CT molecular complexity index is 803. The van der Waals surface area contributed by atoms with Gasteiger partial charge in [-0.1, -0.05) is 6.07 Å². The lowest BCUT2D eigenvalue weighted by molar-refractivity contribution is -0.188. The van der Waals surface area contributed by atoms with Crippen molar-refractivity contribution in [2.75, 3.05) is 13.1 Å². The van der Waals surface area contributed by atoms with Crippen molar-refractivity contribution in [1.29, 1.82) is 0 Å². The topological polar surface area (TPSA) is 70.0 Å². The van der Waals surface area contributed by atoms with E-state index in [9.17, 15) is 15.0 Å². The normalized spacial score (nSPS) is 41.4. The summed E-state index contributed by atoms with van der Waals surface area (Å²) in [6.45, 7) is 1.95. The van der Waals surface area contributed by atoms with Gasteiger partial charge in [0.05, 0.1) is 11.0 Å². The highest BCUT2D eigenvalue weighted by Crippen LogP contribution is 2.64. The van der Waals surface area contributed by atoms with E-state index in [0.717, 1.165) is 43.0 Å². The first-order valence-corrected chi connectivity index (χ1v) is 9.56. The number of hydrogen-bond acceptors (Lipinski definition) is 5. The molecule has 132 valence electrons. The maximum atomic E-state index is 12.7. The maximum Gasteiger partial charge on any atom is 0.174 e. The second-order valence-corrected chi connectivity index (χ2v) is 8.72. The van der Waals surface area contributed by atoms with Crippen LogP contribution in [-0.2, 0) is 16.6 Å². The molecule has 1 saturated heterocycles. The Morgan fingerprint density at radius 2 is 2.12 bits per heavy atom. The van der Waals surface area contributed by atoms with Crippen molar-refractivity contribution in [3.8, 4) is 11.5 Å². The second kappa shape index (κ2) is 4.38. The standard InChI is InChI=1S/C20H23NO4/c22-13-4-3-12-9-15-20(24)6-5-14(23)18-19(20,16(12)17(13)25-18)7-8-21(15)10-11-1-2-11/h3-4,11,15,18,22,24H,1-2,5-10H2/t15-,18+,19?,20?/m1/s1. The fraction of sp³-hybridized carbons (Fsp3) is 0.650. The van der Waals surface area contributed by atoms with Gasteiger partial charge in [0.15, 0.2) is 23.4 Å². The smallest absolute Gasteiger partial charge is 0.174 e. The van der Waals surface area contributed by atoms with Crippen LogP contribution in [0.3, 0.4) is 0 Å². The van der Waals surface area contributed by atoms with Gasteiger partial charge in [0.25, 0.3) is 0 Å². The molecule has 6 rings (SSSR count). The summed E-state index contributed by atoms with van der Waals surface area (Å²) in [7, 11) is 0. The second-order valence-electron chi connectivity index (χ2n) is 8.72. The molecule has 0 aromatic heterocycles. The summed E-state index contributed by atoms with van der Waals surface area (Å²) in [6.07, 6.45) is 4.33. The number of piperidine rings is 1. The zero-order chi connectivity index (χ0) is 17.0. The van der Waals surface area contributed by atoms with E-state index in [4.69, 9.17) is 4.74 Å². The van der Waals surface area contributed by atoms with E-state index in [1.165, 1.54) is 12.8 Å². The minimum Gasteiger partial charge on any atom is -0.504 e. The molecule has 2 heterocycles. The fourth-order valence-electron chi connectivity index (χ4n) is 6.26. The number of nitrogens with zero attached hydrogens (tertiary/aromatic N) is 1. The summed E-state index contributed by atoms with van der Waals surface area (Å²) in [5.41, 5.74) is 0.454. The van der Waals surface area contributed by atoms with E-state index in [1.807, 2.05) is 6.07 Å². The fourth-order valence-corrected chi connectivity index (χ4v) is 6.26. The Morgan fingerprint density at radius 1 is 1.28 bits per heavy atom. The van der Waals surface area contributed by atoms with Crippen LogP contribution in [0.15, 0.2) is 12.1 Å². The summed E-state index contributed by atoms with van der Waals surface area (Å²) >= 11 is 0. The molecule has 2 unspecified atom stereocenters. The number of carbonyl (C=O) groups is 1. The van der Waals surface area contributed by atoms with Crippen LogP contribution in [-0.4, -0.2) is 51.7 Å². The summed E-state index contributed by atoms with van der Waals surface area (Å²) in [5, 5.41) is 22.3. The molecule has 2 bridgehead atoms. The first kappa shape index (κ1) is 14.6. The van der Waals surface area contributed by atoms with Gasteiger partial charge in [-0.3, -0.25) is 9.69 Å². The third-order valence-corrected chi connectivity index (χ3v) is 7.56. The van der Waals surface area contributed by atoms with Crippen LogP contribution >= 0.6 is 0 Å². The summed E-state index contributed by atoms with van der Waals surface area (Å²) in [6, 6.07) is 3.69. The summed E-state index contributed by atoms with van der Waals surface area (Å²) in [5.74, 6) is 1.39. The van der Waals surface area contributed by atoms with Crippen LogP contribution in [0.4, 0.5) is 0 Å². The van der Waals surface area contributed by atoms with Crippen LogP contribution in [0.2, 0.25) is 0 Å². The minimum absolute atomic E-state index is 0.0454. The van der Waals surface area contributed by atoms with Crippen LogP contribution in [0.1, 0.15) is 43.2 Å². The Balaban J connectivity index is 1.58. The molecular weight excluding hydrogens is 318 g/mol. The molecule has 5 heteroatoms. The van der Waals surface area contributed by atoms with Gasteiger partial charge in [0.2, 0.25) is 0 Å². The lowest BCUT2D eigenvalue weighted by atomic mass is 9.49. The monoisotopic (exact) mass is 341 g/mol. The predicted octanol–water partition coefficient (Wildman–Crippen LogP) is 1.53. The highest BCUT2D eigenvalue weighted by molar-refractivity contribution is 5.90. The molecule has 2 aliphatic heterocycles. The van der Waals surface area contributed by atoms with E-state index in [0.29, 0.717) is 18.6 Å². The van der Waals surface area contributed by atoms with Gasteiger partial charge < -0.3 is 14.9 Å². The Morgan fingerprint density at radius 3 is 2.92 bits per heavy atom. The van der Waals surface area contributed by atoms with E-state index in [1.54, 1.807) is 6.07 Å². The highest BCUT2D eigenvalue weighted by atomic mass is 16.5. The van der Waals surface area contributed by atoms with Crippen molar-refractivity contribution >= 4 is 5.78 Å². The van der Waals surface area contributed by atoms with Crippen molar-refractivity contribution in [1.82, 2.24) is 4.90 Å². The number of hydrogen-bond donors (Lipinski definition) is 2. The van der Waals surface area contributed by atoms with Crippen molar-refractivity contribution in [2.45, 2.75) is 61.7 Å². The molecule has 0 amide bonds. The van der Waals surface area contributed by atoms with E-state index in [-0.39, 0.29) is 17.6 Å². The number of ether oxygens (including phenoxy) is 1. The molecule has 3 fully saturated rings. The number of carbonyl (C=O) groups excluding carboxylic acids is 1. The van der Waals surface area contributed by atoms with Gasteiger partial charge in [0, 0.05) is 24.6 Å². The molecular formula is C20H23NO4. The van der Waals surface area contributed by atoms with Crippen molar-refractivity contribution in [3.05, 3.63) is 23.3 Å². The maximum absolute atomic E-state index is 12.7. The number of benzene rings is 1. The summed E-state index contributed by atoms with van der Waals surface area (Å²) < 4.78 is 6.04. The molecule has 5 aliphatic rings. The van der Waals surface area contributed by atoms with Crippen LogP contribution in [0.5, 0.6) is 11.5 Å². The number of likely N-dealkylation sites (tertiary alicyclic amines) is 1. The first-order valence-electron chi connectivity index (χ1n) is 9.56. The van der Waals surface area contributed by atoms with E-state index >= 15 is 0 Å². The van der Waals surface area contributed by atoms with Crippen LogP contribution in [0, 0.1) is 5.92 Å². The molecule has 3 aliphatic carbocycles. The number of Topliss-reactive ketones (excluding diaryl/α,β-unsaturated/α-hetero) is 1. The highest BCUT2D eigenvalue weighted by Gasteiger charge is 2.73. The van der Waals surface area contributed by atoms with Gasteiger partial charge in [-0.25, -0.2) is 0 Å². The average Bonchev–Trinajstić information content (AvgIpc) is 3.32. The molecule has 1 spiro atoms. The first-order chi connectivity index (χ1) is 12.0. The largest absolute Gasteiger partial charge is 0.504 e. The van der Waals surface area contributed by atoms with Gasteiger partial charge in [-0.15, -0.1) is 0 Å². The average molecular weight is 341 g/mol. The molecule has 5 nitrogen and oxygen atoms in total. The minimum atomic E-state index is -0.940. The van der Waals surface area contributed by atoms with Gasteiger partial charge >= 0.3 is 0 Å². The van der Waals surface area contributed by atoms with Crippen molar-refractivity contribution in [2.24, 2.45) is 5.92 Å². The molecule has 25 heavy (non-hydrogen) atoms. The van der Waals surface area contributed by atoms with Crippen molar-refractivity contribution < 1.29 is 19.7 Å². The number of phenols is 1. The van der Waals surface area contributed by atoms with Gasteiger partial charge in [-0.2, -0.15) is 0 Å². The Hall–Kier alpha value is -1.59. The Kier molecular flexibility index (Phi) is 2.55. The molecule has 1 aromatic carbocycles. The van der Waals surface area contributed by atoms with Crippen LogP contribution < -0.4 is 4.74 Å². The third-order valence-electron chi connectivity index (χ3n) is 7.56. The van der Waals surface area contributed by atoms with Gasteiger partial charge in [0.1, 0.15) is 0 Å². The molecule has 2 N–H and O–H groups in total. The number of ketones is 1. The van der Waals surface area contributed by atoms with E-state index in [2.05, 4.69) is 4.90 Å². The van der Waals surface area contributed by atoms with Crippen LogP contribution in [0.25, 0.3) is 0 Å². The number of aromatic hydroxyl groups is 1. The lowest BCUT2D eigenvalue weighted by Gasteiger charge is -2.62. The number of rotatable bonds is 2. The summed E-state index contributed by atoms with van der Waals surface area (Å²) in [4.78, 5) is 15.2. The third kappa shape index (κ3) is 1.56. The molecule has 2 saturated carbocycles. The lowest BCUT2D eigenvalue weighted by Crippen LogP contribution is -2.76. The van der Waals surface area contributed by atoms with E-state index < -0.39 is 17.1 Å². The Labute approximate surface area is 146 Å². The zero-order valence-corrected chi connectivity index (χ0v) is 14.2. The predicted molar refractivity (Wildman–Crippen MR) is 89.8 cm³/mol.